The third-order valence-corrected chi connectivity index (χ3v) is 8.15. The van der Waals surface area contributed by atoms with E-state index in [1.807, 2.05) is 12.1 Å². The molecule has 0 spiro atoms. The lowest BCUT2D eigenvalue weighted by Gasteiger charge is -2.28. The van der Waals surface area contributed by atoms with Gasteiger partial charge in [-0.1, -0.05) is 54.1 Å². The van der Waals surface area contributed by atoms with Crippen LogP contribution < -0.4 is 9.64 Å². The highest BCUT2D eigenvalue weighted by atomic mass is 35.5. The number of aliphatic hydroxyl groups is 2. The van der Waals surface area contributed by atoms with E-state index >= 15 is 0 Å². The Morgan fingerprint density at radius 3 is 2.21 bits per heavy atom. The molecule has 4 aromatic carbocycles. The van der Waals surface area contributed by atoms with Crippen LogP contribution in [-0.2, 0) is 22.6 Å². The first kappa shape index (κ1) is 28.5. The Morgan fingerprint density at radius 2 is 1.53 bits per heavy atom. The summed E-state index contributed by atoms with van der Waals surface area (Å²) in [5.74, 6) is -0.151. The number of aliphatic hydroxyl groups excluding tert-OH is 2. The zero-order valence-electron chi connectivity index (χ0n) is 23.5. The number of halogens is 1. The van der Waals surface area contributed by atoms with Gasteiger partial charge in [0.25, 0.3) is 5.91 Å². The molecule has 5 aromatic rings. The lowest BCUT2D eigenvalue weighted by atomic mass is 10.1. The quantitative estimate of drug-likeness (QED) is 0.219. The number of aromatic nitrogens is 1. The van der Waals surface area contributed by atoms with Crippen LogP contribution in [0.4, 0.5) is 5.69 Å². The van der Waals surface area contributed by atoms with E-state index in [9.17, 15) is 19.8 Å². The summed E-state index contributed by atoms with van der Waals surface area (Å²) in [4.78, 5) is 28.4. The summed E-state index contributed by atoms with van der Waals surface area (Å²) in [6.07, 6.45) is -2.19. The molecule has 218 valence electrons. The second kappa shape index (κ2) is 11.6. The van der Waals surface area contributed by atoms with E-state index in [1.54, 1.807) is 97.5 Å². The van der Waals surface area contributed by atoms with E-state index in [-0.39, 0.29) is 18.9 Å². The van der Waals surface area contributed by atoms with Crippen molar-refractivity contribution in [3.63, 3.8) is 0 Å². The smallest absolute Gasteiger partial charge is 0.310 e. The van der Waals surface area contributed by atoms with Gasteiger partial charge in [-0.3, -0.25) is 14.2 Å². The van der Waals surface area contributed by atoms with Crippen LogP contribution in [0.3, 0.4) is 0 Å². The van der Waals surface area contributed by atoms with Crippen LogP contribution in [0.1, 0.15) is 50.8 Å². The second-order valence-electron chi connectivity index (χ2n) is 10.3. The molecule has 0 amide bonds. The molecule has 1 aliphatic heterocycles. The first-order valence-corrected chi connectivity index (χ1v) is 14.1. The second-order valence-corrected chi connectivity index (χ2v) is 10.8. The van der Waals surface area contributed by atoms with Gasteiger partial charge in [0.2, 0.25) is 0 Å². The number of benzene rings is 4. The number of hydrogen-bond donors (Lipinski definition) is 2. The summed E-state index contributed by atoms with van der Waals surface area (Å²) in [5, 5.41) is 23.2. The van der Waals surface area contributed by atoms with Gasteiger partial charge in [-0.15, -0.1) is 0 Å². The molecule has 0 radical (unpaired) electrons. The lowest BCUT2D eigenvalue weighted by Crippen LogP contribution is -2.27. The predicted octanol–water partition coefficient (Wildman–Crippen LogP) is 6.09. The highest BCUT2D eigenvalue weighted by Gasteiger charge is 2.37. The van der Waals surface area contributed by atoms with Gasteiger partial charge < -0.3 is 24.6 Å². The number of hydrogen-bond acceptors (Lipinski definition) is 7. The zero-order valence-corrected chi connectivity index (χ0v) is 24.3. The van der Waals surface area contributed by atoms with E-state index in [0.717, 1.165) is 0 Å². The number of anilines is 1. The fourth-order valence-corrected chi connectivity index (χ4v) is 5.84. The molecule has 2 unspecified atom stereocenters. The number of nitrogens with zero attached hydrogens (tertiary/aromatic N) is 2. The van der Waals surface area contributed by atoms with Crippen molar-refractivity contribution in [1.82, 2.24) is 4.57 Å². The van der Waals surface area contributed by atoms with Crippen molar-refractivity contribution in [3.8, 4) is 5.75 Å². The molecule has 2 N–H and O–H groups in total. The zero-order chi connectivity index (χ0) is 30.2. The molecule has 0 aliphatic carbocycles. The Kier molecular flexibility index (Phi) is 7.66. The summed E-state index contributed by atoms with van der Waals surface area (Å²) in [6.45, 7) is 1.72. The van der Waals surface area contributed by atoms with Crippen LogP contribution in [0.25, 0.3) is 10.9 Å². The van der Waals surface area contributed by atoms with Gasteiger partial charge >= 0.3 is 5.97 Å². The average molecular weight is 597 g/mol. The summed E-state index contributed by atoms with van der Waals surface area (Å²) >= 11 is 6.03. The van der Waals surface area contributed by atoms with Gasteiger partial charge in [-0.25, -0.2) is 0 Å². The molecule has 0 bridgehead atoms. The predicted molar refractivity (Wildman–Crippen MR) is 163 cm³/mol. The first-order chi connectivity index (χ1) is 20.8. The molecule has 6 rings (SSSR count). The summed E-state index contributed by atoms with van der Waals surface area (Å²) in [7, 11) is 1.56. The maximum Gasteiger partial charge on any atom is 0.310 e. The highest BCUT2D eigenvalue weighted by molar-refractivity contribution is 6.30. The van der Waals surface area contributed by atoms with E-state index in [2.05, 4.69) is 0 Å². The normalized spacial score (nSPS) is 15.9. The Balaban J connectivity index is 1.27. The SMILES string of the molecule is COc1ccc2c(c1)c(CC(=O)OCc1ccccc1N1C(O)c3ccccc3C1O)c(C)n2C(=O)c1ccc(Cl)cc1. The molecule has 2 heterocycles. The number of methoxy groups -OCH3 is 1. The maximum absolute atomic E-state index is 13.6. The fourth-order valence-electron chi connectivity index (χ4n) is 5.71. The molecule has 9 heteroatoms. The number of carbonyl (C=O) groups is 2. The molecule has 1 aromatic heterocycles. The van der Waals surface area contributed by atoms with Gasteiger partial charge in [0.15, 0.2) is 12.5 Å². The lowest BCUT2D eigenvalue weighted by molar-refractivity contribution is -0.144. The van der Waals surface area contributed by atoms with Crippen molar-refractivity contribution in [1.29, 1.82) is 0 Å². The molecule has 0 saturated carbocycles. The number of esters is 1. The van der Waals surface area contributed by atoms with Crippen molar-refractivity contribution in [2.45, 2.75) is 32.4 Å². The number of para-hydroxylation sites is 1. The van der Waals surface area contributed by atoms with Gasteiger partial charge in [-0.2, -0.15) is 0 Å². The third-order valence-electron chi connectivity index (χ3n) is 7.90. The monoisotopic (exact) mass is 596 g/mol. The Morgan fingerprint density at radius 1 is 0.884 bits per heavy atom. The van der Waals surface area contributed by atoms with Crippen LogP contribution in [0.5, 0.6) is 5.75 Å². The van der Waals surface area contributed by atoms with Crippen molar-refractivity contribution < 1.29 is 29.3 Å². The molecule has 8 nitrogen and oxygen atoms in total. The minimum absolute atomic E-state index is 0.0774. The minimum Gasteiger partial charge on any atom is -0.497 e. The summed E-state index contributed by atoms with van der Waals surface area (Å²) in [5.41, 5.74) is 4.78. The van der Waals surface area contributed by atoms with Crippen molar-refractivity contribution in [2.75, 3.05) is 12.0 Å². The van der Waals surface area contributed by atoms with Crippen LogP contribution in [-0.4, -0.2) is 33.8 Å². The Bertz CT molecular complexity index is 1820. The van der Waals surface area contributed by atoms with Crippen molar-refractivity contribution in [3.05, 3.63) is 130 Å². The van der Waals surface area contributed by atoms with Crippen LogP contribution in [0, 0.1) is 6.92 Å². The number of carbonyl (C=O) groups excluding carboxylic acids is 2. The Hall–Kier alpha value is -4.63. The summed E-state index contributed by atoms with van der Waals surface area (Å²) in [6, 6.07) is 26.4. The van der Waals surface area contributed by atoms with E-state index < -0.39 is 18.4 Å². The molecule has 0 fully saturated rings. The van der Waals surface area contributed by atoms with Gasteiger partial charge in [0, 0.05) is 44.0 Å². The van der Waals surface area contributed by atoms with Gasteiger partial charge in [-0.05, 0) is 61.0 Å². The Labute approximate surface area is 253 Å². The van der Waals surface area contributed by atoms with Crippen molar-refractivity contribution in [2.24, 2.45) is 0 Å². The maximum atomic E-state index is 13.6. The highest BCUT2D eigenvalue weighted by Crippen LogP contribution is 2.43. The fraction of sp³-hybridized carbons (Fsp3) is 0.176. The average Bonchev–Trinajstić information content (AvgIpc) is 3.44. The molecular formula is C34H29ClN2O6. The molecular weight excluding hydrogens is 568 g/mol. The standard InChI is InChI=1S/C34H29ClN2O6/c1-20-27(28-17-24(42-2)15-16-30(28)36(20)32(39)21-11-13-23(35)14-12-21)18-31(38)43-19-22-7-3-6-10-29(22)37-33(40)25-8-4-5-9-26(25)34(37)41/h3-17,33-34,40-41H,18-19H2,1-2H3. The van der Waals surface area contributed by atoms with Crippen molar-refractivity contribution >= 4 is 40.1 Å². The molecule has 2 atom stereocenters. The largest absolute Gasteiger partial charge is 0.497 e. The number of ether oxygens (including phenoxy) is 2. The molecule has 43 heavy (non-hydrogen) atoms. The summed E-state index contributed by atoms with van der Waals surface area (Å²) < 4.78 is 12.8. The third kappa shape index (κ3) is 5.14. The first-order valence-electron chi connectivity index (χ1n) is 13.7. The van der Waals surface area contributed by atoms with Gasteiger partial charge in [0.05, 0.1) is 19.0 Å². The van der Waals surface area contributed by atoms with Crippen LogP contribution in [0.15, 0.2) is 91.0 Å². The van der Waals surface area contributed by atoms with E-state index in [1.165, 1.54) is 4.90 Å². The van der Waals surface area contributed by atoms with E-state index in [0.29, 0.717) is 60.9 Å². The van der Waals surface area contributed by atoms with E-state index in [4.69, 9.17) is 21.1 Å². The topological polar surface area (TPSA) is 101 Å². The minimum atomic E-state index is -1.05. The molecule has 0 saturated heterocycles. The molecule has 1 aliphatic rings. The number of rotatable bonds is 7. The number of fused-ring (bicyclic) bond motifs is 2. The van der Waals surface area contributed by atoms with Crippen LogP contribution in [0.2, 0.25) is 5.02 Å². The van der Waals surface area contributed by atoms with Crippen LogP contribution >= 0.6 is 11.6 Å². The van der Waals surface area contributed by atoms with Gasteiger partial charge in [0.1, 0.15) is 12.4 Å².